The fourth-order valence-electron chi connectivity index (χ4n) is 3.22. The topological polar surface area (TPSA) is 50.8 Å². The van der Waals surface area contributed by atoms with Gasteiger partial charge >= 0.3 is 6.09 Å². The molecule has 2 aliphatic rings. The number of piperidine rings is 1. The highest BCUT2D eigenvalue weighted by Crippen LogP contribution is 2.21. The van der Waals surface area contributed by atoms with Crippen LogP contribution in [-0.2, 0) is 9.47 Å². The van der Waals surface area contributed by atoms with Crippen molar-refractivity contribution in [3.05, 3.63) is 0 Å². The van der Waals surface area contributed by atoms with Crippen LogP contribution in [0.3, 0.4) is 0 Å². The number of amides is 1. The van der Waals surface area contributed by atoms with Gasteiger partial charge in [-0.25, -0.2) is 4.79 Å². The lowest BCUT2D eigenvalue weighted by Crippen LogP contribution is -2.52. The van der Waals surface area contributed by atoms with Crippen LogP contribution < -0.4 is 5.32 Å². The number of carbonyl (C=O) groups is 1. The Bertz CT molecular complexity index is 361. The van der Waals surface area contributed by atoms with Crippen molar-refractivity contribution in [3.8, 4) is 0 Å². The van der Waals surface area contributed by atoms with E-state index in [-0.39, 0.29) is 12.1 Å². The summed E-state index contributed by atoms with van der Waals surface area (Å²) in [4.78, 5) is 14.3. The first-order valence-corrected chi connectivity index (χ1v) is 8.71. The van der Waals surface area contributed by atoms with Crippen LogP contribution in [0.4, 0.5) is 4.79 Å². The van der Waals surface area contributed by atoms with Gasteiger partial charge in [0.25, 0.3) is 0 Å². The number of carbonyl (C=O) groups excluding carboxylic acids is 1. The van der Waals surface area contributed by atoms with Gasteiger partial charge < -0.3 is 19.7 Å². The van der Waals surface area contributed by atoms with E-state index < -0.39 is 5.60 Å². The van der Waals surface area contributed by atoms with E-state index in [9.17, 15) is 4.79 Å². The molecule has 2 rings (SSSR count). The molecule has 0 spiro atoms. The third-order valence-electron chi connectivity index (χ3n) is 4.45. The van der Waals surface area contributed by atoms with E-state index in [2.05, 4.69) is 12.2 Å². The van der Waals surface area contributed by atoms with Gasteiger partial charge in [-0.1, -0.05) is 0 Å². The summed E-state index contributed by atoms with van der Waals surface area (Å²) in [6.07, 6.45) is 5.72. The summed E-state index contributed by atoms with van der Waals surface area (Å²) in [5.74, 6) is 0. The molecule has 2 heterocycles. The van der Waals surface area contributed by atoms with Crippen molar-refractivity contribution in [1.82, 2.24) is 10.2 Å². The zero-order valence-corrected chi connectivity index (χ0v) is 14.6. The molecule has 0 aliphatic carbocycles. The van der Waals surface area contributed by atoms with Crippen LogP contribution in [0.2, 0.25) is 0 Å². The van der Waals surface area contributed by atoms with Gasteiger partial charge in [-0.15, -0.1) is 0 Å². The normalized spacial score (nSPS) is 27.7. The molecule has 0 aromatic rings. The van der Waals surface area contributed by atoms with Crippen molar-refractivity contribution in [2.75, 3.05) is 19.7 Å². The van der Waals surface area contributed by atoms with Gasteiger partial charge in [0, 0.05) is 31.8 Å². The molecule has 0 saturated carbocycles. The van der Waals surface area contributed by atoms with Crippen molar-refractivity contribution in [2.45, 2.75) is 83.6 Å². The minimum atomic E-state index is -0.433. The van der Waals surface area contributed by atoms with Gasteiger partial charge in [0.1, 0.15) is 5.60 Å². The lowest BCUT2D eigenvalue weighted by Gasteiger charge is -2.37. The molecule has 0 aromatic carbocycles. The molecule has 128 valence electrons. The van der Waals surface area contributed by atoms with Crippen LogP contribution >= 0.6 is 0 Å². The second-order valence-corrected chi connectivity index (χ2v) is 7.57. The van der Waals surface area contributed by atoms with E-state index in [1.165, 1.54) is 6.42 Å². The summed E-state index contributed by atoms with van der Waals surface area (Å²) in [5, 5.41) is 3.57. The smallest absolute Gasteiger partial charge is 0.410 e. The third-order valence-corrected chi connectivity index (χ3v) is 4.45. The summed E-state index contributed by atoms with van der Waals surface area (Å²) in [6.45, 7) is 10.4. The van der Waals surface area contributed by atoms with E-state index in [1.807, 2.05) is 25.7 Å². The lowest BCUT2D eigenvalue weighted by atomic mass is 10.0. The Hall–Kier alpha value is -0.810. The van der Waals surface area contributed by atoms with Crippen molar-refractivity contribution >= 4 is 6.09 Å². The molecule has 0 radical (unpaired) electrons. The van der Waals surface area contributed by atoms with Gasteiger partial charge in [-0.2, -0.15) is 0 Å². The number of ether oxygens (including phenoxy) is 2. The van der Waals surface area contributed by atoms with Gasteiger partial charge in [0.15, 0.2) is 0 Å². The van der Waals surface area contributed by atoms with E-state index in [4.69, 9.17) is 9.47 Å². The molecule has 2 fully saturated rings. The molecule has 3 unspecified atom stereocenters. The average Bonchev–Trinajstić information content (AvgIpc) is 2.97. The monoisotopic (exact) mass is 312 g/mol. The van der Waals surface area contributed by atoms with Gasteiger partial charge in [-0.05, 0) is 59.8 Å². The van der Waals surface area contributed by atoms with Crippen LogP contribution in [0.5, 0.6) is 0 Å². The second kappa shape index (κ2) is 7.64. The SMILES string of the molecule is CC(NCC1CCCCN1C(=O)OC(C)(C)C)C1CCCO1. The highest BCUT2D eigenvalue weighted by Gasteiger charge is 2.31. The van der Waals surface area contributed by atoms with Gasteiger partial charge in [0.2, 0.25) is 0 Å². The predicted molar refractivity (Wildman–Crippen MR) is 87.0 cm³/mol. The largest absolute Gasteiger partial charge is 0.444 e. The van der Waals surface area contributed by atoms with Gasteiger partial charge in [-0.3, -0.25) is 0 Å². The first kappa shape index (κ1) is 17.5. The third kappa shape index (κ3) is 5.13. The Morgan fingerprint density at radius 2 is 2.09 bits per heavy atom. The molecule has 5 nitrogen and oxygen atoms in total. The molecule has 22 heavy (non-hydrogen) atoms. The fraction of sp³-hybridized carbons (Fsp3) is 0.941. The van der Waals surface area contributed by atoms with Crippen molar-refractivity contribution in [1.29, 1.82) is 0 Å². The maximum Gasteiger partial charge on any atom is 0.410 e. The predicted octanol–water partition coefficient (Wildman–Crippen LogP) is 2.93. The maximum absolute atomic E-state index is 12.4. The van der Waals surface area contributed by atoms with Crippen LogP contribution in [-0.4, -0.2) is 54.5 Å². The maximum atomic E-state index is 12.4. The zero-order chi connectivity index (χ0) is 16.2. The van der Waals surface area contributed by atoms with Crippen molar-refractivity contribution in [3.63, 3.8) is 0 Å². The molecule has 3 atom stereocenters. The average molecular weight is 312 g/mol. The number of nitrogens with one attached hydrogen (secondary N) is 1. The molecular weight excluding hydrogens is 280 g/mol. The van der Waals surface area contributed by atoms with Crippen LogP contribution in [0.25, 0.3) is 0 Å². The Morgan fingerprint density at radius 3 is 2.73 bits per heavy atom. The Labute approximate surface area is 134 Å². The summed E-state index contributed by atoms with van der Waals surface area (Å²) < 4.78 is 11.3. The highest BCUT2D eigenvalue weighted by molar-refractivity contribution is 5.68. The summed E-state index contributed by atoms with van der Waals surface area (Å²) in [6, 6.07) is 0.567. The molecule has 0 bridgehead atoms. The van der Waals surface area contributed by atoms with Crippen molar-refractivity contribution in [2.24, 2.45) is 0 Å². The second-order valence-electron chi connectivity index (χ2n) is 7.57. The molecule has 1 amide bonds. The molecule has 0 aromatic heterocycles. The molecule has 2 saturated heterocycles. The lowest BCUT2D eigenvalue weighted by molar-refractivity contribution is 0.00871. The highest BCUT2D eigenvalue weighted by atomic mass is 16.6. The number of nitrogens with zero attached hydrogens (tertiary/aromatic N) is 1. The molecule has 1 N–H and O–H groups in total. The van der Waals surface area contributed by atoms with Crippen LogP contribution in [0.15, 0.2) is 0 Å². The minimum Gasteiger partial charge on any atom is -0.444 e. The first-order chi connectivity index (χ1) is 10.4. The Kier molecular flexibility index (Phi) is 6.09. The molecule has 2 aliphatic heterocycles. The molecular formula is C17H32N2O3. The summed E-state index contributed by atoms with van der Waals surface area (Å²) >= 11 is 0. The van der Waals surface area contributed by atoms with Crippen molar-refractivity contribution < 1.29 is 14.3 Å². The molecule has 5 heteroatoms. The van der Waals surface area contributed by atoms with E-state index in [0.717, 1.165) is 45.4 Å². The number of likely N-dealkylation sites (tertiary alicyclic amines) is 1. The standard InChI is InChI=1S/C17H32N2O3/c1-13(15-9-7-11-21-15)18-12-14-8-5-6-10-19(14)16(20)22-17(2,3)4/h13-15,18H,5-12H2,1-4H3. The number of hydrogen-bond acceptors (Lipinski definition) is 4. The minimum absolute atomic E-state index is 0.177. The quantitative estimate of drug-likeness (QED) is 0.867. The van der Waals surface area contributed by atoms with E-state index in [0.29, 0.717) is 12.1 Å². The summed E-state index contributed by atoms with van der Waals surface area (Å²) in [7, 11) is 0. The fourth-order valence-corrected chi connectivity index (χ4v) is 3.22. The summed E-state index contributed by atoms with van der Waals surface area (Å²) in [5.41, 5.74) is -0.433. The Balaban J connectivity index is 1.85. The van der Waals surface area contributed by atoms with E-state index >= 15 is 0 Å². The van der Waals surface area contributed by atoms with E-state index in [1.54, 1.807) is 0 Å². The number of rotatable bonds is 4. The Morgan fingerprint density at radius 1 is 1.32 bits per heavy atom. The number of hydrogen-bond donors (Lipinski definition) is 1. The van der Waals surface area contributed by atoms with Crippen LogP contribution in [0, 0.1) is 0 Å². The zero-order valence-electron chi connectivity index (χ0n) is 14.6. The van der Waals surface area contributed by atoms with Crippen LogP contribution in [0.1, 0.15) is 59.8 Å². The first-order valence-electron chi connectivity index (χ1n) is 8.71. The van der Waals surface area contributed by atoms with Gasteiger partial charge in [0.05, 0.1) is 6.10 Å².